The highest BCUT2D eigenvalue weighted by molar-refractivity contribution is 5.89. The van der Waals surface area contributed by atoms with Crippen molar-refractivity contribution in [1.29, 1.82) is 0 Å². The zero-order valence-electron chi connectivity index (χ0n) is 15.6. The normalized spacial score (nSPS) is 12.2. The Bertz CT molecular complexity index is 1110. The van der Waals surface area contributed by atoms with Gasteiger partial charge in [-0.25, -0.2) is 0 Å². The highest BCUT2D eigenvalue weighted by atomic mass is 16.2. The van der Waals surface area contributed by atoms with E-state index in [-0.39, 0.29) is 11.8 Å². The van der Waals surface area contributed by atoms with Gasteiger partial charge in [0.25, 0.3) is 0 Å². The van der Waals surface area contributed by atoms with Gasteiger partial charge in [0.2, 0.25) is 11.8 Å². The summed E-state index contributed by atoms with van der Waals surface area (Å²) in [6.45, 7) is 1.80. The first-order valence-electron chi connectivity index (χ1n) is 9.26. The maximum Gasteiger partial charge on any atom is 0.243 e. The molecule has 2 amide bonds. The van der Waals surface area contributed by atoms with Crippen LogP contribution in [0.4, 0.5) is 0 Å². The Morgan fingerprint density at radius 3 is 2.57 bits per heavy atom. The van der Waals surface area contributed by atoms with E-state index in [1.807, 2.05) is 60.8 Å². The molecule has 1 atom stereocenters. The molecule has 0 fully saturated rings. The second-order valence-electron chi connectivity index (χ2n) is 6.92. The van der Waals surface area contributed by atoms with Gasteiger partial charge in [-0.2, -0.15) is 0 Å². The van der Waals surface area contributed by atoms with Crippen LogP contribution in [0.3, 0.4) is 0 Å². The number of aromatic amines is 2. The minimum absolute atomic E-state index is 0.209. The zero-order chi connectivity index (χ0) is 19.5. The summed E-state index contributed by atoms with van der Waals surface area (Å²) in [5.41, 5.74) is 3.96. The van der Waals surface area contributed by atoms with Crippen molar-refractivity contribution >= 4 is 33.6 Å². The van der Waals surface area contributed by atoms with Crippen molar-refractivity contribution in [3.8, 4) is 0 Å². The first-order chi connectivity index (χ1) is 13.6. The van der Waals surface area contributed by atoms with Crippen LogP contribution in [0.2, 0.25) is 0 Å². The molecule has 142 valence electrons. The summed E-state index contributed by atoms with van der Waals surface area (Å²) >= 11 is 0. The van der Waals surface area contributed by atoms with E-state index in [4.69, 9.17) is 0 Å². The third-order valence-corrected chi connectivity index (χ3v) is 4.83. The number of benzene rings is 2. The average Bonchev–Trinajstić information content (AvgIpc) is 3.29. The van der Waals surface area contributed by atoms with Crippen LogP contribution < -0.4 is 10.6 Å². The van der Waals surface area contributed by atoms with Gasteiger partial charge in [0.05, 0.1) is 6.54 Å². The predicted molar refractivity (Wildman–Crippen MR) is 110 cm³/mol. The molecule has 6 nitrogen and oxygen atoms in total. The number of para-hydroxylation sites is 2. The third-order valence-electron chi connectivity index (χ3n) is 4.83. The predicted octanol–water partition coefficient (Wildman–Crippen LogP) is 3.01. The molecule has 0 saturated heterocycles. The fraction of sp³-hybridized carbons (Fsp3) is 0.182. The van der Waals surface area contributed by atoms with E-state index in [0.717, 1.165) is 33.1 Å². The van der Waals surface area contributed by atoms with E-state index in [1.54, 1.807) is 0 Å². The maximum absolute atomic E-state index is 12.8. The van der Waals surface area contributed by atoms with E-state index >= 15 is 0 Å². The van der Waals surface area contributed by atoms with E-state index in [1.165, 1.54) is 6.92 Å². The highest BCUT2D eigenvalue weighted by Crippen LogP contribution is 2.19. The third kappa shape index (κ3) is 3.76. The monoisotopic (exact) mass is 374 g/mol. The number of rotatable bonds is 6. The Kier molecular flexibility index (Phi) is 4.85. The lowest BCUT2D eigenvalue weighted by Gasteiger charge is -2.17. The number of hydrogen-bond donors (Lipinski definition) is 4. The van der Waals surface area contributed by atoms with Gasteiger partial charge in [0, 0.05) is 41.7 Å². The molecule has 0 aliphatic carbocycles. The number of hydrogen-bond acceptors (Lipinski definition) is 2. The number of fused-ring (bicyclic) bond motifs is 2. The second kappa shape index (κ2) is 7.60. The van der Waals surface area contributed by atoms with Crippen LogP contribution in [0.25, 0.3) is 21.8 Å². The van der Waals surface area contributed by atoms with E-state index < -0.39 is 6.04 Å². The first kappa shape index (κ1) is 17.9. The molecular formula is C22H22N4O2. The minimum Gasteiger partial charge on any atom is -0.361 e. The van der Waals surface area contributed by atoms with E-state index in [0.29, 0.717) is 13.0 Å². The van der Waals surface area contributed by atoms with Gasteiger partial charge in [-0.1, -0.05) is 36.4 Å². The molecule has 0 aliphatic rings. The highest BCUT2D eigenvalue weighted by Gasteiger charge is 2.21. The average molecular weight is 374 g/mol. The van der Waals surface area contributed by atoms with E-state index in [9.17, 15) is 9.59 Å². The van der Waals surface area contributed by atoms with Gasteiger partial charge in [0.1, 0.15) is 6.04 Å². The fourth-order valence-electron chi connectivity index (χ4n) is 3.51. The summed E-state index contributed by atoms with van der Waals surface area (Å²) in [4.78, 5) is 30.9. The van der Waals surface area contributed by atoms with Crippen LogP contribution in [-0.4, -0.2) is 27.8 Å². The summed E-state index contributed by atoms with van der Waals surface area (Å²) in [5, 5.41) is 7.86. The Hall–Kier alpha value is -3.54. The fourth-order valence-corrected chi connectivity index (χ4v) is 3.51. The summed E-state index contributed by atoms with van der Waals surface area (Å²) < 4.78 is 0. The first-order valence-corrected chi connectivity index (χ1v) is 9.26. The number of H-pyrrole nitrogens is 2. The maximum atomic E-state index is 12.8. The van der Waals surface area contributed by atoms with Gasteiger partial charge in [-0.15, -0.1) is 0 Å². The Labute approximate surface area is 162 Å². The smallest absolute Gasteiger partial charge is 0.243 e. The van der Waals surface area contributed by atoms with Crippen molar-refractivity contribution in [3.05, 3.63) is 72.1 Å². The standard InChI is InChI=1S/C22H22N4O2/c1-14(27)25-21(11-16-12-23-20-9-5-3-7-18(16)20)22(28)24-13-17-10-15-6-2-4-8-19(15)26-17/h2-10,12,21,23,26H,11,13H2,1H3,(H,24,28)(H,25,27)/t21-/m1/s1. The molecule has 2 aromatic carbocycles. The number of carbonyl (C=O) groups is 2. The van der Waals surface area contributed by atoms with Crippen LogP contribution in [0, 0.1) is 0 Å². The van der Waals surface area contributed by atoms with Gasteiger partial charge in [0.15, 0.2) is 0 Å². The zero-order valence-corrected chi connectivity index (χ0v) is 15.6. The number of nitrogens with one attached hydrogen (secondary N) is 4. The summed E-state index contributed by atoms with van der Waals surface area (Å²) in [7, 11) is 0. The van der Waals surface area contributed by atoms with Crippen LogP contribution in [0.15, 0.2) is 60.8 Å². The van der Waals surface area contributed by atoms with Gasteiger partial charge in [-0.3, -0.25) is 9.59 Å². The van der Waals surface area contributed by atoms with Crippen molar-refractivity contribution in [1.82, 2.24) is 20.6 Å². The summed E-state index contributed by atoms with van der Waals surface area (Å²) in [6.07, 6.45) is 2.31. The molecule has 0 aliphatic heterocycles. The molecule has 0 saturated carbocycles. The second-order valence-corrected chi connectivity index (χ2v) is 6.92. The molecule has 6 heteroatoms. The SMILES string of the molecule is CC(=O)N[C@H](Cc1c[nH]c2ccccc12)C(=O)NCc1cc2ccccc2[nH]1. The lowest BCUT2D eigenvalue weighted by atomic mass is 10.0. The number of carbonyl (C=O) groups excluding carboxylic acids is 2. The topological polar surface area (TPSA) is 89.8 Å². The molecular weight excluding hydrogens is 352 g/mol. The van der Waals surface area contributed by atoms with Crippen molar-refractivity contribution in [3.63, 3.8) is 0 Å². The van der Waals surface area contributed by atoms with Crippen LogP contribution in [-0.2, 0) is 22.6 Å². The largest absolute Gasteiger partial charge is 0.361 e. The number of aromatic nitrogens is 2. The van der Waals surface area contributed by atoms with Crippen molar-refractivity contribution < 1.29 is 9.59 Å². The Morgan fingerprint density at radius 2 is 1.79 bits per heavy atom. The molecule has 2 aromatic heterocycles. The molecule has 0 bridgehead atoms. The quantitative estimate of drug-likeness (QED) is 0.418. The molecule has 0 spiro atoms. The van der Waals surface area contributed by atoms with Gasteiger partial charge < -0.3 is 20.6 Å². The minimum atomic E-state index is -0.638. The molecule has 4 aromatic rings. The molecule has 2 heterocycles. The van der Waals surface area contributed by atoms with Crippen molar-refractivity contribution in [2.24, 2.45) is 0 Å². The lowest BCUT2D eigenvalue weighted by Crippen LogP contribution is -2.47. The van der Waals surface area contributed by atoms with Crippen molar-refractivity contribution in [2.45, 2.75) is 25.9 Å². The van der Waals surface area contributed by atoms with E-state index in [2.05, 4.69) is 20.6 Å². The lowest BCUT2D eigenvalue weighted by molar-refractivity contribution is -0.128. The number of amides is 2. The van der Waals surface area contributed by atoms with Crippen LogP contribution in [0.5, 0.6) is 0 Å². The molecule has 4 N–H and O–H groups in total. The van der Waals surface area contributed by atoms with Crippen molar-refractivity contribution in [2.75, 3.05) is 0 Å². The Morgan fingerprint density at radius 1 is 1.04 bits per heavy atom. The van der Waals surface area contributed by atoms with Gasteiger partial charge in [-0.05, 0) is 29.1 Å². The molecule has 0 unspecified atom stereocenters. The molecule has 28 heavy (non-hydrogen) atoms. The molecule has 4 rings (SSSR count). The summed E-state index contributed by atoms with van der Waals surface area (Å²) in [6, 6.07) is 17.3. The van der Waals surface area contributed by atoms with Gasteiger partial charge >= 0.3 is 0 Å². The molecule has 0 radical (unpaired) electrons. The Balaban J connectivity index is 1.48. The summed E-state index contributed by atoms with van der Waals surface area (Å²) in [5.74, 6) is -0.440. The van der Waals surface area contributed by atoms with Crippen LogP contribution >= 0.6 is 0 Å². The van der Waals surface area contributed by atoms with Crippen LogP contribution in [0.1, 0.15) is 18.2 Å².